The first-order valence-corrected chi connectivity index (χ1v) is 9.84. The number of carbonyl (C=O) groups excluding carboxylic acids is 2. The van der Waals surface area contributed by atoms with Crippen molar-refractivity contribution in [2.45, 2.75) is 18.9 Å². The van der Waals surface area contributed by atoms with Gasteiger partial charge < -0.3 is 10.6 Å². The smallest absolute Gasteiger partial charge is 0.261 e. The van der Waals surface area contributed by atoms with Crippen LogP contribution < -0.4 is 10.6 Å². The van der Waals surface area contributed by atoms with Crippen LogP contribution >= 0.6 is 27.3 Å². The van der Waals surface area contributed by atoms with Crippen molar-refractivity contribution in [2.75, 3.05) is 25.0 Å². The highest BCUT2D eigenvalue weighted by atomic mass is 79.9. The molecule has 5 nitrogen and oxygen atoms in total. The Morgan fingerprint density at radius 3 is 2.48 bits per heavy atom. The van der Waals surface area contributed by atoms with Crippen molar-refractivity contribution in [2.24, 2.45) is 0 Å². The lowest BCUT2D eigenvalue weighted by Crippen LogP contribution is -2.46. The molecule has 1 aromatic carbocycles. The molecule has 1 fully saturated rings. The standard InChI is InChI=1S/C18H20BrN3O2S/c19-16-7-6-15(25-16)18(24)21-14-8-10-22(11-9-14)12-17(23)20-13-4-2-1-3-5-13/h1-7,14H,8-12H2,(H,20,23)(H,21,24). The lowest BCUT2D eigenvalue weighted by molar-refractivity contribution is -0.117. The Labute approximate surface area is 159 Å². The van der Waals surface area contributed by atoms with Crippen molar-refractivity contribution in [1.82, 2.24) is 10.2 Å². The molecular formula is C18H20BrN3O2S. The largest absolute Gasteiger partial charge is 0.349 e. The Bertz CT molecular complexity index is 727. The molecule has 0 radical (unpaired) electrons. The van der Waals surface area contributed by atoms with Gasteiger partial charge in [-0.15, -0.1) is 11.3 Å². The van der Waals surface area contributed by atoms with Gasteiger partial charge in [0.05, 0.1) is 15.2 Å². The molecule has 2 amide bonds. The zero-order valence-corrected chi connectivity index (χ0v) is 16.1. The van der Waals surface area contributed by atoms with E-state index < -0.39 is 0 Å². The quantitative estimate of drug-likeness (QED) is 0.777. The maximum Gasteiger partial charge on any atom is 0.261 e. The van der Waals surface area contributed by atoms with Crippen molar-refractivity contribution >= 4 is 44.8 Å². The number of hydrogen-bond acceptors (Lipinski definition) is 4. The van der Waals surface area contributed by atoms with Gasteiger partial charge in [0, 0.05) is 24.8 Å². The van der Waals surface area contributed by atoms with Gasteiger partial charge in [0.2, 0.25) is 5.91 Å². The van der Waals surface area contributed by atoms with E-state index in [9.17, 15) is 9.59 Å². The van der Waals surface area contributed by atoms with Gasteiger partial charge in [-0.2, -0.15) is 0 Å². The molecule has 1 saturated heterocycles. The number of hydrogen-bond donors (Lipinski definition) is 2. The number of carbonyl (C=O) groups is 2. The van der Waals surface area contributed by atoms with Crippen LogP contribution in [-0.4, -0.2) is 42.4 Å². The lowest BCUT2D eigenvalue weighted by Gasteiger charge is -2.31. The summed E-state index contributed by atoms with van der Waals surface area (Å²) in [7, 11) is 0. The van der Waals surface area contributed by atoms with Gasteiger partial charge in [0.25, 0.3) is 5.91 Å². The molecule has 3 rings (SSSR count). The maximum atomic E-state index is 12.2. The van der Waals surface area contributed by atoms with Crippen molar-refractivity contribution in [3.8, 4) is 0 Å². The average molecular weight is 422 g/mol. The number of nitrogens with one attached hydrogen (secondary N) is 2. The molecule has 0 atom stereocenters. The van der Waals surface area contributed by atoms with Crippen LogP contribution in [0.3, 0.4) is 0 Å². The van der Waals surface area contributed by atoms with E-state index in [1.54, 1.807) is 0 Å². The van der Waals surface area contributed by atoms with Crippen molar-refractivity contribution < 1.29 is 9.59 Å². The minimum absolute atomic E-state index is 0.00267. The summed E-state index contributed by atoms with van der Waals surface area (Å²) in [5.74, 6) is -0.0203. The lowest BCUT2D eigenvalue weighted by atomic mass is 10.0. The summed E-state index contributed by atoms with van der Waals surface area (Å²) in [6, 6.07) is 13.4. The summed E-state index contributed by atoms with van der Waals surface area (Å²) < 4.78 is 0.955. The maximum absolute atomic E-state index is 12.2. The molecule has 0 bridgehead atoms. The number of benzene rings is 1. The monoisotopic (exact) mass is 421 g/mol. The topological polar surface area (TPSA) is 61.4 Å². The van der Waals surface area contributed by atoms with Crippen LogP contribution in [0.15, 0.2) is 46.3 Å². The summed E-state index contributed by atoms with van der Waals surface area (Å²) in [6.45, 7) is 2.00. The normalized spacial score (nSPS) is 15.7. The molecule has 0 spiro atoms. The van der Waals surface area contributed by atoms with Gasteiger partial charge >= 0.3 is 0 Å². The van der Waals surface area contributed by atoms with Gasteiger partial charge in [-0.25, -0.2) is 0 Å². The molecule has 7 heteroatoms. The van der Waals surface area contributed by atoms with Crippen LogP contribution in [0, 0.1) is 0 Å². The fourth-order valence-corrected chi connectivity index (χ4v) is 4.14. The zero-order valence-electron chi connectivity index (χ0n) is 13.7. The van der Waals surface area contributed by atoms with Gasteiger partial charge in [0.15, 0.2) is 0 Å². The number of piperidine rings is 1. The second-order valence-electron chi connectivity index (χ2n) is 6.04. The minimum Gasteiger partial charge on any atom is -0.349 e. The number of rotatable bonds is 5. The Hall–Kier alpha value is -1.70. The predicted octanol–water partition coefficient (Wildman–Crippen LogP) is 3.34. The summed E-state index contributed by atoms with van der Waals surface area (Å²) in [5.41, 5.74) is 0.816. The van der Waals surface area contributed by atoms with E-state index in [1.165, 1.54) is 11.3 Å². The zero-order chi connectivity index (χ0) is 17.6. The van der Waals surface area contributed by atoms with Crippen molar-refractivity contribution in [1.29, 1.82) is 0 Å². The number of anilines is 1. The highest BCUT2D eigenvalue weighted by Gasteiger charge is 2.23. The summed E-state index contributed by atoms with van der Waals surface area (Å²) in [5, 5.41) is 5.99. The van der Waals surface area contributed by atoms with E-state index in [1.807, 2.05) is 42.5 Å². The van der Waals surface area contributed by atoms with Gasteiger partial charge in [-0.1, -0.05) is 18.2 Å². The predicted molar refractivity (Wildman–Crippen MR) is 104 cm³/mol. The van der Waals surface area contributed by atoms with Gasteiger partial charge in [0.1, 0.15) is 0 Å². The highest BCUT2D eigenvalue weighted by molar-refractivity contribution is 9.11. The number of thiophene rings is 1. The van der Waals surface area contributed by atoms with Crippen LogP contribution in [0.5, 0.6) is 0 Å². The van der Waals surface area contributed by atoms with Gasteiger partial charge in [-0.3, -0.25) is 14.5 Å². The van der Waals surface area contributed by atoms with E-state index in [0.29, 0.717) is 6.54 Å². The third kappa shape index (κ3) is 5.39. The number of amides is 2. The molecule has 132 valence electrons. The number of likely N-dealkylation sites (tertiary alicyclic amines) is 1. The third-order valence-electron chi connectivity index (χ3n) is 4.14. The first-order chi connectivity index (χ1) is 12.1. The first-order valence-electron chi connectivity index (χ1n) is 8.23. The molecule has 1 aliphatic rings. The van der Waals surface area contributed by atoms with E-state index in [4.69, 9.17) is 0 Å². The molecule has 0 saturated carbocycles. The second-order valence-corrected chi connectivity index (χ2v) is 8.50. The number of para-hydroxylation sites is 1. The summed E-state index contributed by atoms with van der Waals surface area (Å²) in [4.78, 5) is 27.1. The molecule has 2 aromatic rings. The van der Waals surface area contributed by atoms with Crippen LogP contribution in [0.4, 0.5) is 5.69 Å². The van der Waals surface area contributed by atoms with E-state index in [2.05, 4.69) is 31.5 Å². The number of nitrogens with zero attached hydrogens (tertiary/aromatic N) is 1. The molecule has 1 aromatic heterocycles. The summed E-state index contributed by atoms with van der Waals surface area (Å²) >= 11 is 4.81. The van der Waals surface area contributed by atoms with Crippen LogP contribution in [-0.2, 0) is 4.79 Å². The fourth-order valence-electron chi connectivity index (χ4n) is 2.85. The Morgan fingerprint density at radius 1 is 1.12 bits per heavy atom. The molecule has 0 unspecified atom stereocenters. The van der Waals surface area contributed by atoms with Crippen molar-refractivity contribution in [3.63, 3.8) is 0 Å². The minimum atomic E-state index is -0.0176. The molecule has 2 N–H and O–H groups in total. The fraction of sp³-hybridized carbons (Fsp3) is 0.333. The Morgan fingerprint density at radius 2 is 1.84 bits per heavy atom. The number of halogens is 1. The van der Waals surface area contributed by atoms with Crippen LogP contribution in [0.2, 0.25) is 0 Å². The molecular weight excluding hydrogens is 402 g/mol. The van der Waals surface area contributed by atoms with E-state index in [-0.39, 0.29) is 17.9 Å². The first kappa shape index (κ1) is 18.1. The molecule has 2 heterocycles. The van der Waals surface area contributed by atoms with E-state index in [0.717, 1.165) is 40.3 Å². The van der Waals surface area contributed by atoms with Crippen molar-refractivity contribution in [3.05, 3.63) is 51.1 Å². The molecule has 25 heavy (non-hydrogen) atoms. The van der Waals surface area contributed by atoms with Crippen LogP contribution in [0.1, 0.15) is 22.5 Å². The Kier molecular flexibility index (Phi) is 6.23. The second kappa shape index (κ2) is 8.60. The SMILES string of the molecule is O=C(CN1CCC(NC(=O)c2ccc(Br)s2)CC1)Nc1ccccc1. The molecule has 1 aliphatic heterocycles. The molecule has 0 aliphatic carbocycles. The third-order valence-corrected chi connectivity index (χ3v) is 5.77. The van der Waals surface area contributed by atoms with E-state index >= 15 is 0 Å². The Balaban J connectivity index is 1.41. The van der Waals surface area contributed by atoms with Gasteiger partial charge in [-0.05, 0) is 53.0 Å². The highest BCUT2D eigenvalue weighted by Crippen LogP contribution is 2.22. The summed E-state index contributed by atoms with van der Waals surface area (Å²) in [6.07, 6.45) is 1.72. The average Bonchev–Trinajstić information content (AvgIpc) is 3.04. The van der Waals surface area contributed by atoms with Crippen LogP contribution in [0.25, 0.3) is 0 Å².